The van der Waals surface area contributed by atoms with Crippen LogP contribution in [-0.4, -0.2) is 22.3 Å². The maximum atomic E-state index is 12.8. The average molecular weight is 316 g/mol. The number of piperidine rings is 1. The van der Waals surface area contributed by atoms with E-state index < -0.39 is 0 Å². The first kappa shape index (κ1) is 15.5. The van der Waals surface area contributed by atoms with Crippen molar-refractivity contribution in [1.29, 1.82) is 0 Å². The summed E-state index contributed by atoms with van der Waals surface area (Å²) in [6.07, 6.45) is 5.39. The number of likely N-dealkylation sites (tertiary alicyclic amines) is 1. The van der Waals surface area contributed by atoms with E-state index in [9.17, 15) is 4.79 Å². The van der Waals surface area contributed by atoms with Crippen LogP contribution >= 0.6 is 11.3 Å². The predicted molar refractivity (Wildman–Crippen MR) is 92.0 cm³/mol. The molecule has 0 spiro atoms. The van der Waals surface area contributed by atoms with Crippen molar-refractivity contribution < 1.29 is 4.79 Å². The zero-order chi connectivity index (χ0) is 15.5. The number of fused-ring (bicyclic) bond motifs is 1. The molecule has 2 heterocycles. The Kier molecular flexibility index (Phi) is 4.77. The van der Waals surface area contributed by atoms with Gasteiger partial charge in [-0.05, 0) is 37.8 Å². The monoisotopic (exact) mass is 316 g/mol. The SMILES string of the molecule is CCCC(C)C(=O)N1CCCCC1c1nc2ccccc2s1. The molecule has 22 heavy (non-hydrogen) atoms. The second-order valence-electron chi connectivity index (χ2n) is 6.25. The van der Waals surface area contributed by atoms with E-state index >= 15 is 0 Å². The van der Waals surface area contributed by atoms with Gasteiger partial charge in [-0.15, -0.1) is 11.3 Å². The molecular weight excluding hydrogens is 292 g/mol. The van der Waals surface area contributed by atoms with Crippen LogP contribution in [0, 0.1) is 5.92 Å². The minimum absolute atomic E-state index is 0.125. The highest BCUT2D eigenvalue weighted by atomic mass is 32.1. The topological polar surface area (TPSA) is 33.2 Å². The first-order valence-corrected chi connectivity index (χ1v) is 9.18. The summed E-state index contributed by atoms with van der Waals surface area (Å²) < 4.78 is 1.22. The fourth-order valence-electron chi connectivity index (χ4n) is 3.32. The average Bonchev–Trinajstić information content (AvgIpc) is 2.98. The highest BCUT2D eigenvalue weighted by Crippen LogP contribution is 2.36. The third-order valence-electron chi connectivity index (χ3n) is 4.52. The minimum atomic E-state index is 0.125. The van der Waals surface area contributed by atoms with Crippen LogP contribution in [0.15, 0.2) is 24.3 Å². The largest absolute Gasteiger partial charge is 0.333 e. The number of carbonyl (C=O) groups excluding carboxylic acids is 1. The van der Waals surface area contributed by atoms with Crippen LogP contribution in [0.5, 0.6) is 0 Å². The minimum Gasteiger partial charge on any atom is -0.333 e. The molecule has 1 aliphatic rings. The Morgan fingerprint density at radius 1 is 1.41 bits per heavy atom. The van der Waals surface area contributed by atoms with E-state index in [-0.39, 0.29) is 12.0 Å². The van der Waals surface area contributed by atoms with Crippen molar-refractivity contribution in [2.45, 2.75) is 52.0 Å². The third kappa shape index (κ3) is 3.02. The summed E-state index contributed by atoms with van der Waals surface area (Å²) in [5, 5.41) is 1.11. The molecule has 1 fully saturated rings. The molecule has 1 amide bonds. The molecule has 2 aromatic rings. The van der Waals surface area contributed by atoms with Gasteiger partial charge in [0.05, 0.1) is 16.3 Å². The van der Waals surface area contributed by atoms with E-state index in [1.54, 1.807) is 11.3 Å². The third-order valence-corrected chi connectivity index (χ3v) is 5.66. The molecule has 1 aromatic heterocycles. The van der Waals surface area contributed by atoms with Crippen LogP contribution in [0.1, 0.15) is 57.0 Å². The number of benzene rings is 1. The highest BCUT2D eigenvalue weighted by Gasteiger charge is 2.32. The molecule has 0 radical (unpaired) electrons. The van der Waals surface area contributed by atoms with E-state index in [1.165, 1.54) is 11.1 Å². The number of hydrogen-bond acceptors (Lipinski definition) is 3. The number of nitrogens with zero attached hydrogens (tertiary/aromatic N) is 2. The van der Waals surface area contributed by atoms with E-state index in [2.05, 4.69) is 36.9 Å². The summed E-state index contributed by atoms with van der Waals surface area (Å²) in [6, 6.07) is 8.43. The molecule has 1 saturated heterocycles. The number of rotatable bonds is 4. The number of para-hydroxylation sites is 1. The van der Waals surface area contributed by atoms with Crippen LogP contribution < -0.4 is 0 Å². The van der Waals surface area contributed by atoms with Gasteiger partial charge in [-0.2, -0.15) is 0 Å². The molecule has 3 nitrogen and oxygen atoms in total. The van der Waals surface area contributed by atoms with Crippen LogP contribution in [0.25, 0.3) is 10.2 Å². The van der Waals surface area contributed by atoms with Crippen molar-refractivity contribution in [1.82, 2.24) is 9.88 Å². The Morgan fingerprint density at radius 3 is 3.00 bits per heavy atom. The lowest BCUT2D eigenvalue weighted by Gasteiger charge is -2.36. The van der Waals surface area contributed by atoms with E-state index in [0.29, 0.717) is 5.91 Å². The molecule has 2 atom stereocenters. The van der Waals surface area contributed by atoms with Crippen molar-refractivity contribution in [3.8, 4) is 0 Å². The van der Waals surface area contributed by atoms with Crippen LogP contribution in [0.3, 0.4) is 0 Å². The van der Waals surface area contributed by atoms with Gasteiger partial charge in [0.1, 0.15) is 5.01 Å². The number of aromatic nitrogens is 1. The molecule has 0 saturated carbocycles. The number of carbonyl (C=O) groups is 1. The van der Waals surface area contributed by atoms with Gasteiger partial charge in [0.2, 0.25) is 5.91 Å². The number of hydrogen-bond donors (Lipinski definition) is 0. The van der Waals surface area contributed by atoms with Crippen LogP contribution in [0.2, 0.25) is 0 Å². The van der Waals surface area contributed by atoms with E-state index in [0.717, 1.165) is 42.8 Å². The molecule has 1 aromatic carbocycles. The number of thiazole rings is 1. The van der Waals surface area contributed by atoms with Gasteiger partial charge in [-0.3, -0.25) is 4.79 Å². The van der Waals surface area contributed by atoms with Gasteiger partial charge >= 0.3 is 0 Å². The molecule has 0 N–H and O–H groups in total. The summed E-state index contributed by atoms with van der Waals surface area (Å²) in [6.45, 7) is 5.09. The zero-order valence-corrected chi connectivity index (χ0v) is 14.2. The maximum Gasteiger partial charge on any atom is 0.225 e. The van der Waals surface area contributed by atoms with Crippen LogP contribution in [0.4, 0.5) is 0 Å². The molecule has 0 aliphatic carbocycles. The second kappa shape index (κ2) is 6.78. The van der Waals surface area contributed by atoms with Gasteiger partial charge in [0, 0.05) is 12.5 Å². The Bertz CT molecular complexity index is 618. The van der Waals surface area contributed by atoms with Crippen molar-refractivity contribution in [3.05, 3.63) is 29.3 Å². The summed E-state index contributed by atoms with van der Waals surface area (Å²) in [5.74, 6) is 0.436. The summed E-state index contributed by atoms with van der Waals surface area (Å²) in [4.78, 5) is 19.7. The normalized spacial score (nSPS) is 20.3. The smallest absolute Gasteiger partial charge is 0.225 e. The Hall–Kier alpha value is -1.42. The Balaban J connectivity index is 1.87. The van der Waals surface area contributed by atoms with Crippen LogP contribution in [-0.2, 0) is 4.79 Å². The second-order valence-corrected chi connectivity index (χ2v) is 7.31. The lowest BCUT2D eigenvalue weighted by atomic mass is 9.98. The molecule has 4 heteroatoms. The van der Waals surface area contributed by atoms with Crippen molar-refractivity contribution in [2.24, 2.45) is 5.92 Å². The lowest BCUT2D eigenvalue weighted by Crippen LogP contribution is -2.41. The fourth-order valence-corrected chi connectivity index (χ4v) is 4.44. The molecule has 1 aliphatic heterocycles. The first-order chi connectivity index (χ1) is 10.7. The Labute approximate surface area is 136 Å². The predicted octanol–water partition coefficient (Wildman–Crippen LogP) is 4.79. The van der Waals surface area contributed by atoms with Gasteiger partial charge in [-0.1, -0.05) is 32.4 Å². The van der Waals surface area contributed by atoms with Gasteiger partial charge < -0.3 is 4.90 Å². The van der Waals surface area contributed by atoms with Gasteiger partial charge in [-0.25, -0.2) is 4.98 Å². The number of amides is 1. The lowest BCUT2D eigenvalue weighted by molar-refractivity contribution is -0.139. The quantitative estimate of drug-likeness (QED) is 0.813. The maximum absolute atomic E-state index is 12.8. The highest BCUT2D eigenvalue weighted by molar-refractivity contribution is 7.18. The van der Waals surface area contributed by atoms with Crippen molar-refractivity contribution in [2.75, 3.05) is 6.54 Å². The first-order valence-electron chi connectivity index (χ1n) is 8.36. The standard InChI is InChI=1S/C18H24N2OS/c1-3-8-13(2)18(21)20-12-7-6-10-15(20)17-19-14-9-4-5-11-16(14)22-17/h4-5,9,11,13,15H,3,6-8,10,12H2,1-2H3. The summed E-state index contributed by atoms with van der Waals surface area (Å²) >= 11 is 1.75. The Morgan fingerprint density at radius 2 is 2.23 bits per heavy atom. The van der Waals surface area contributed by atoms with Gasteiger partial charge in [0.25, 0.3) is 0 Å². The molecule has 0 bridgehead atoms. The van der Waals surface area contributed by atoms with Gasteiger partial charge in [0.15, 0.2) is 0 Å². The molecule has 118 valence electrons. The zero-order valence-electron chi connectivity index (χ0n) is 13.4. The molecular formula is C18H24N2OS. The molecule has 3 rings (SSSR count). The van der Waals surface area contributed by atoms with Crippen molar-refractivity contribution >= 4 is 27.5 Å². The summed E-state index contributed by atoms with van der Waals surface area (Å²) in [5.41, 5.74) is 1.06. The van der Waals surface area contributed by atoms with E-state index in [4.69, 9.17) is 4.98 Å². The fraction of sp³-hybridized carbons (Fsp3) is 0.556. The molecule has 2 unspecified atom stereocenters. The summed E-state index contributed by atoms with van der Waals surface area (Å²) in [7, 11) is 0. The van der Waals surface area contributed by atoms with Crippen molar-refractivity contribution in [3.63, 3.8) is 0 Å². The van der Waals surface area contributed by atoms with E-state index in [1.807, 2.05) is 6.07 Å².